The highest BCUT2D eigenvalue weighted by atomic mass is 16.5. The van der Waals surface area contributed by atoms with Gasteiger partial charge < -0.3 is 9.47 Å². The molecule has 0 amide bonds. The molecule has 3 heteroatoms. The van der Waals surface area contributed by atoms with Crippen LogP contribution in [-0.4, -0.2) is 25.8 Å². The molecule has 5 rings (SSSR count). The van der Waals surface area contributed by atoms with E-state index in [4.69, 9.17) is 9.47 Å². The number of fused-ring (bicyclic) bond motifs is 12. The predicted molar refractivity (Wildman–Crippen MR) is 68.1 cm³/mol. The van der Waals surface area contributed by atoms with Crippen LogP contribution in [0, 0.1) is 53.3 Å². The SMILES string of the molecule is COC1C(C)C2CC1C1C3CC(C4C(=O)OCC34)C21. The number of methoxy groups -OCH3 is 1. The van der Waals surface area contributed by atoms with E-state index in [9.17, 15) is 4.79 Å². The summed E-state index contributed by atoms with van der Waals surface area (Å²) in [6.07, 6.45) is 3.13. The van der Waals surface area contributed by atoms with Gasteiger partial charge in [-0.3, -0.25) is 4.79 Å². The standard InChI is InChI=1S/C16H22O3/c1-6-7-3-10(15(6)18-2)13-8-4-9(12(7)13)14-11(8)5-19-16(14)17/h6-15H,3-5H2,1-2H3. The fraction of sp³-hybridized carbons (Fsp3) is 0.938. The first kappa shape index (κ1) is 11.1. The lowest BCUT2D eigenvalue weighted by atomic mass is 9.61. The van der Waals surface area contributed by atoms with Crippen LogP contribution in [0.15, 0.2) is 0 Å². The second-order valence-corrected chi connectivity index (χ2v) is 7.66. The normalized spacial score (nSPS) is 64.4. The number of rotatable bonds is 1. The van der Waals surface area contributed by atoms with Crippen LogP contribution in [0.25, 0.3) is 0 Å². The van der Waals surface area contributed by atoms with E-state index in [0.717, 1.165) is 29.6 Å². The molecule has 0 aromatic rings. The van der Waals surface area contributed by atoms with Crippen molar-refractivity contribution in [1.82, 2.24) is 0 Å². The van der Waals surface area contributed by atoms with Crippen LogP contribution < -0.4 is 0 Å². The van der Waals surface area contributed by atoms with Crippen LogP contribution in [0.3, 0.4) is 0 Å². The molecule has 10 atom stereocenters. The lowest BCUT2D eigenvalue weighted by Gasteiger charge is -2.44. The molecule has 5 fully saturated rings. The molecular weight excluding hydrogens is 240 g/mol. The molecule has 0 aromatic carbocycles. The van der Waals surface area contributed by atoms with Crippen molar-refractivity contribution in [2.75, 3.05) is 13.7 Å². The molecule has 19 heavy (non-hydrogen) atoms. The molecule has 1 heterocycles. The quantitative estimate of drug-likeness (QED) is 0.535. The summed E-state index contributed by atoms with van der Waals surface area (Å²) in [5.41, 5.74) is 0. The summed E-state index contributed by atoms with van der Waals surface area (Å²) in [5, 5.41) is 0. The average molecular weight is 262 g/mol. The topological polar surface area (TPSA) is 35.5 Å². The monoisotopic (exact) mass is 262 g/mol. The maximum Gasteiger partial charge on any atom is 0.309 e. The molecule has 0 aromatic heterocycles. The van der Waals surface area contributed by atoms with Crippen molar-refractivity contribution in [2.24, 2.45) is 53.3 Å². The van der Waals surface area contributed by atoms with Crippen LogP contribution in [0.1, 0.15) is 19.8 Å². The Kier molecular flexibility index (Phi) is 1.97. The second-order valence-electron chi connectivity index (χ2n) is 7.66. The average Bonchev–Trinajstić information content (AvgIpc) is 3.11. The molecule has 4 saturated carbocycles. The number of carbonyl (C=O) groups is 1. The maximum absolute atomic E-state index is 12.0. The molecule has 4 bridgehead atoms. The van der Waals surface area contributed by atoms with E-state index in [2.05, 4.69) is 6.92 Å². The fourth-order valence-corrected chi connectivity index (χ4v) is 7.26. The predicted octanol–water partition coefficient (Wildman–Crippen LogP) is 1.96. The highest BCUT2D eigenvalue weighted by Gasteiger charge is 2.71. The van der Waals surface area contributed by atoms with Crippen LogP contribution in [-0.2, 0) is 14.3 Å². The van der Waals surface area contributed by atoms with Crippen molar-refractivity contribution in [2.45, 2.75) is 25.9 Å². The van der Waals surface area contributed by atoms with Crippen LogP contribution in [0.5, 0.6) is 0 Å². The minimum atomic E-state index is 0.120. The summed E-state index contributed by atoms with van der Waals surface area (Å²) < 4.78 is 11.2. The minimum absolute atomic E-state index is 0.120. The zero-order chi connectivity index (χ0) is 12.9. The third kappa shape index (κ3) is 1.06. The van der Waals surface area contributed by atoms with Gasteiger partial charge in [0.15, 0.2) is 0 Å². The Morgan fingerprint density at radius 3 is 2.58 bits per heavy atom. The summed E-state index contributed by atoms with van der Waals surface area (Å²) >= 11 is 0. The Labute approximate surface area is 114 Å². The van der Waals surface area contributed by atoms with Gasteiger partial charge >= 0.3 is 5.97 Å². The molecule has 5 aliphatic rings. The highest BCUT2D eigenvalue weighted by molar-refractivity contribution is 5.76. The summed E-state index contributed by atoms with van der Waals surface area (Å²) in [7, 11) is 1.88. The van der Waals surface area contributed by atoms with Crippen molar-refractivity contribution < 1.29 is 14.3 Å². The molecule has 4 aliphatic carbocycles. The molecule has 1 aliphatic heterocycles. The lowest BCUT2D eigenvalue weighted by molar-refractivity contribution is -0.143. The van der Waals surface area contributed by atoms with Crippen molar-refractivity contribution in [1.29, 1.82) is 0 Å². The van der Waals surface area contributed by atoms with Gasteiger partial charge in [0.2, 0.25) is 0 Å². The van der Waals surface area contributed by atoms with Crippen LogP contribution in [0.4, 0.5) is 0 Å². The summed E-state index contributed by atoms with van der Waals surface area (Å²) in [6.45, 7) is 3.07. The largest absolute Gasteiger partial charge is 0.465 e. The number of hydrogen-bond acceptors (Lipinski definition) is 3. The van der Waals surface area contributed by atoms with Gasteiger partial charge in [-0.05, 0) is 54.3 Å². The molecule has 10 unspecified atom stereocenters. The molecule has 0 N–H and O–H groups in total. The van der Waals surface area contributed by atoms with Gasteiger partial charge in [-0.15, -0.1) is 0 Å². The maximum atomic E-state index is 12.0. The van der Waals surface area contributed by atoms with E-state index >= 15 is 0 Å². The van der Waals surface area contributed by atoms with Gasteiger partial charge in [0.05, 0.1) is 18.6 Å². The van der Waals surface area contributed by atoms with E-state index in [-0.39, 0.29) is 11.9 Å². The molecule has 1 saturated heterocycles. The van der Waals surface area contributed by atoms with E-state index < -0.39 is 0 Å². The number of esters is 1. The number of hydrogen-bond donors (Lipinski definition) is 0. The van der Waals surface area contributed by atoms with Gasteiger partial charge in [0.25, 0.3) is 0 Å². The van der Waals surface area contributed by atoms with Crippen molar-refractivity contribution in [3.8, 4) is 0 Å². The first-order chi connectivity index (χ1) is 9.22. The van der Waals surface area contributed by atoms with E-state index in [0.29, 0.717) is 30.5 Å². The molecule has 104 valence electrons. The molecule has 3 nitrogen and oxygen atoms in total. The molecular formula is C16H22O3. The van der Waals surface area contributed by atoms with E-state index in [1.807, 2.05) is 7.11 Å². The third-order valence-corrected chi connectivity index (χ3v) is 7.56. The van der Waals surface area contributed by atoms with Gasteiger partial charge in [0, 0.05) is 13.0 Å². The van der Waals surface area contributed by atoms with Gasteiger partial charge in [-0.25, -0.2) is 0 Å². The molecule has 0 spiro atoms. The Bertz CT molecular complexity index is 447. The molecule has 0 radical (unpaired) electrons. The highest BCUT2D eigenvalue weighted by Crippen LogP contribution is 2.72. The Balaban J connectivity index is 1.54. The zero-order valence-electron chi connectivity index (χ0n) is 11.6. The Hall–Kier alpha value is -0.570. The Morgan fingerprint density at radius 1 is 1.05 bits per heavy atom. The first-order valence-corrected chi connectivity index (χ1v) is 7.91. The number of cyclic esters (lactones) is 1. The van der Waals surface area contributed by atoms with Gasteiger partial charge in [0.1, 0.15) is 0 Å². The third-order valence-electron chi connectivity index (χ3n) is 7.56. The number of carbonyl (C=O) groups excluding carboxylic acids is 1. The van der Waals surface area contributed by atoms with Crippen molar-refractivity contribution in [3.63, 3.8) is 0 Å². The fourth-order valence-electron chi connectivity index (χ4n) is 7.26. The number of ether oxygens (including phenoxy) is 2. The first-order valence-electron chi connectivity index (χ1n) is 7.91. The summed E-state index contributed by atoms with van der Waals surface area (Å²) in [4.78, 5) is 12.0. The summed E-state index contributed by atoms with van der Waals surface area (Å²) in [5.74, 6) is 6.24. The van der Waals surface area contributed by atoms with Crippen LogP contribution in [0.2, 0.25) is 0 Å². The van der Waals surface area contributed by atoms with Crippen molar-refractivity contribution in [3.05, 3.63) is 0 Å². The second kappa shape index (κ2) is 3.36. The van der Waals surface area contributed by atoms with Gasteiger partial charge in [-0.1, -0.05) is 6.92 Å². The van der Waals surface area contributed by atoms with Gasteiger partial charge in [-0.2, -0.15) is 0 Å². The van der Waals surface area contributed by atoms with Crippen molar-refractivity contribution >= 4 is 5.97 Å². The van der Waals surface area contributed by atoms with E-state index in [1.54, 1.807) is 0 Å². The van der Waals surface area contributed by atoms with E-state index in [1.165, 1.54) is 12.8 Å². The minimum Gasteiger partial charge on any atom is -0.465 e. The lowest BCUT2D eigenvalue weighted by Crippen LogP contribution is -2.45. The Morgan fingerprint density at radius 2 is 1.79 bits per heavy atom. The summed E-state index contributed by atoms with van der Waals surface area (Å²) in [6, 6.07) is 0. The zero-order valence-corrected chi connectivity index (χ0v) is 11.6. The smallest absolute Gasteiger partial charge is 0.309 e. The van der Waals surface area contributed by atoms with Crippen LogP contribution >= 0.6 is 0 Å².